The number of aryl methyl sites for hydroxylation is 1. The molecule has 160 valence electrons. The third-order valence-corrected chi connectivity index (χ3v) is 8.21. The summed E-state index contributed by atoms with van der Waals surface area (Å²) in [6, 6.07) is 18.1. The monoisotopic (exact) mass is 426 g/mol. The molecule has 1 saturated heterocycles. The summed E-state index contributed by atoms with van der Waals surface area (Å²) in [5, 5.41) is 0. The van der Waals surface area contributed by atoms with E-state index in [0.717, 1.165) is 36.9 Å². The van der Waals surface area contributed by atoms with Gasteiger partial charge in [-0.1, -0.05) is 48.5 Å². The number of carbonyl (C=O) groups is 1. The smallest absolute Gasteiger partial charge is 0.231 e. The van der Waals surface area contributed by atoms with Gasteiger partial charge in [-0.05, 0) is 56.2 Å². The van der Waals surface area contributed by atoms with E-state index in [2.05, 4.69) is 13.0 Å². The van der Waals surface area contributed by atoms with Crippen molar-refractivity contribution in [3.63, 3.8) is 0 Å². The molecule has 1 amide bonds. The van der Waals surface area contributed by atoms with Gasteiger partial charge in [-0.25, -0.2) is 12.7 Å². The number of carbonyl (C=O) groups excluding carboxylic acids is 1. The molecule has 0 unspecified atom stereocenters. The number of rotatable bonds is 6. The van der Waals surface area contributed by atoms with Crippen LogP contribution in [0.3, 0.4) is 0 Å². The number of sulfonamides is 1. The molecule has 2 atom stereocenters. The predicted molar refractivity (Wildman–Crippen MR) is 120 cm³/mol. The first kappa shape index (κ1) is 21.1. The Bertz CT molecular complexity index is 991. The van der Waals surface area contributed by atoms with Crippen molar-refractivity contribution in [1.29, 1.82) is 0 Å². The maximum atomic E-state index is 13.3. The van der Waals surface area contributed by atoms with Gasteiger partial charge in [0.15, 0.2) is 0 Å². The van der Waals surface area contributed by atoms with Crippen LogP contribution in [0.4, 0.5) is 5.69 Å². The average Bonchev–Trinajstić information content (AvgIpc) is 3.09. The molecule has 0 N–H and O–H groups in total. The van der Waals surface area contributed by atoms with Gasteiger partial charge in [-0.2, -0.15) is 0 Å². The van der Waals surface area contributed by atoms with Gasteiger partial charge in [0, 0.05) is 24.8 Å². The minimum atomic E-state index is -3.35. The lowest BCUT2D eigenvalue weighted by molar-refractivity contribution is -0.123. The van der Waals surface area contributed by atoms with Gasteiger partial charge >= 0.3 is 0 Å². The quantitative estimate of drug-likeness (QED) is 0.709. The van der Waals surface area contributed by atoms with Crippen LogP contribution in [0.25, 0.3) is 0 Å². The van der Waals surface area contributed by atoms with Crippen LogP contribution in [-0.4, -0.2) is 43.5 Å². The number of hydrogen-bond donors (Lipinski definition) is 0. The lowest BCUT2D eigenvalue weighted by atomic mass is 9.97. The molecule has 2 heterocycles. The van der Waals surface area contributed by atoms with E-state index < -0.39 is 10.0 Å². The second kappa shape index (κ2) is 8.90. The van der Waals surface area contributed by atoms with Crippen molar-refractivity contribution in [2.24, 2.45) is 5.92 Å². The standard InChI is InChI=1S/C24H30N2O3S/c1-19-17-21-12-5-6-14-23(21)26(19)24(27)22-13-7-15-25(18-22)30(28,29)16-8-11-20-9-3-2-4-10-20/h2-6,9-10,12,14,19,22H,7-8,11,13,15-18H2,1H3/t19-,22+/m0/s1. The molecule has 0 bridgehead atoms. The molecule has 2 aromatic carbocycles. The highest BCUT2D eigenvalue weighted by molar-refractivity contribution is 7.89. The fraction of sp³-hybridized carbons (Fsp3) is 0.458. The van der Waals surface area contributed by atoms with Gasteiger partial charge in [0.05, 0.1) is 11.7 Å². The Morgan fingerprint density at radius 1 is 1.07 bits per heavy atom. The van der Waals surface area contributed by atoms with Crippen LogP contribution in [0.15, 0.2) is 54.6 Å². The van der Waals surface area contributed by atoms with Crippen LogP contribution in [0.2, 0.25) is 0 Å². The summed E-state index contributed by atoms with van der Waals surface area (Å²) in [4.78, 5) is 15.2. The molecule has 6 heteroatoms. The number of anilines is 1. The zero-order valence-electron chi connectivity index (χ0n) is 17.5. The highest BCUT2D eigenvalue weighted by Crippen LogP contribution is 2.34. The van der Waals surface area contributed by atoms with E-state index in [0.29, 0.717) is 19.5 Å². The molecule has 0 radical (unpaired) electrons. The summed E-state index contributed by atoms with van der Waals surface area (Å²) >= 11 is 0. The van der Waals surface area contributed by atoms with E-state index in [1.165, 1.54) is 5.56 Å². The SMILES string of the molecule is C[C@H]1Cc2ccccc2N1C(=O)[C@@H]1CCCN(S(=O)(=O)CCCc2ccccc2)C1. The van der Waals surface area contributed by atoms with Gasteiger partial charge in [-0.3, -0.25) is 4.79 Å². The van der Waals surface area contributed by atoms with Crippen molar-refractivity contribution in [2.45, 2.75) is 45.1 Å². The molecule has 0 aliphatic carbocycles. The van der Waals surface area contributed by atoms with Gasteiger partial charge < -0.3 is 4.90 Å². The largest absolute Gasteiger partial charge is 0.309 e. The summed E-state index contributed by atoms with van der Waals surface area (Å²) in [6.45, 7) is 2.89. The van der Waals surface area contributed by atoms with E-state index in [1.807, 2.05) is 53.4 Å². The van der Waals surface area contributed by atoms with Crippen LogP contribution in [0.1, 0.15) is 37.3 Å². The number of benzene rings is 2. The molecule has 5 nitrogen and oxygen atoms in total. The van der Waals surface area contributed by atoms with Crippen LogP contribution in [0, 0.1) is 5.92 Å². The molecule has 1 fully saturated rings. The molecule has 30 heavy (non-hydrogen) atoms. The van der Waals surface area contributed by atoms with Crippen molar-refractivity contribution in [3.8, 4) is 0 Å². The maximum Gasteiger partial charge on any atom is 0.231 e. The molecule has 4 rings (SSSR count). The third kappa shape index (κ3) is 4.44. The summed E-state index contributed by atoms with van der Waals surface area (Å²) in [5.74, 6) is -0.0703. The van der Waals surface area contributed by atoms with Crippen molar-refractivity contribution in [3.05, 3.63) is 65.7 Å². The van der Waals surface area contributed by atoms with Gasteiger partial charge in [0.25, 0.3) is 0 Å². The zero-order chi connectivity index (χ0) is 21.1. The Hall–Kier alpha value is -2.18. The van der Waals surface area contributed by atoms with Crippen molar-refractivity contribution < 1.29 is 13.2 Å². The number of piperidine rings is 1. The first-order valence-electron chi connectivity index (χ1n) is 10.9. The Morgan fingerprint density at radius 2 is 1.80 bits per heavy atom. The van der Waals surface area contributed by atoms with Gasteiger partial charge in [0.2, 0.25) is 15.9 Å². The number of para-hydroxylation sites is 1. The van der Waals surface area contributed by atoms with Crippen LogP contribution in [0.5, 0.6) is 0 Å². The number of nitrogens with zero attached hydrogens (tertiary/aromatic N) is 2. The molecule has 2 aromatic rings. The average molecular weight is 427 g/mol. The first-order chi connectivity index (χ1) is 14.5. The van der Waals surface area contributed by atoms with E-state index >= 15 is 0 Å². The highest BCUT2D eigenvalue weighted by Gasteiger charge is 2.38. The Labute approximate surface area is 179 Å². The summed E-state index contributed by atoms with van der Waals surface area (Å²) < 4.78 is 27.4. The molecule has 0 spiro atoms. The van der Waals surface area contributed by atoms with Crippen LogP contribution < -0.4 is 4.90 Å². The lowest BCUT2D eigenvalue weighted by Gasteiger charge is -2.34. The van der Waals surface area contributed by atoms with E-state index in [-0.39, 0.29) is 23.6 Å². The van der Waals surface area contributed by atoms with Crippen molar-refractivity contribution in [2.75, 3.05) is 23.7 Å². The summed E-state index contributed by atoms with van der Waals surface area (Å²) in [5.41, 5.74) is 3.33. The molecular weight excluding hydrogens is 396 g/mol. The molecule has 2 aliphatic heterocycles. The van der Waals surface area contributed by atoms with E-state index in [1.54, 1.807) is 4.31 Å². The van der Waals surface area contributed by atoms with E-state index in [4.69, 9.17) is 0 Å². The van der Waals surface area contributed by atoms with Crippen molar-refractivity contribution >= 4 is 21.6 Å². The lowest BCUT2D eigenvalue weighted by Crippen LogP contribution is -2.48. The topological polar surface area (TPSA) is 57.7 Å². The Kier molecular flexibility index (Phi) is 6.25. The fourth-order valence-electron chi connectivity index (χ4n) is 4.73. The number of hydrogen-bond acceptors (Lipinski definition) is 3. The predicted octanol–water partition coefficient (Wildman–Crippen LogP) is 3.64. The van der Waals surface area contributed by atoms with E-state index in [9.17, 15) is 13.2 Å². The minimum Gasteiger partial charge on any atom is -0.309 e. The summed E-state index contributed by atoms with van der Waals surface area (Å²) in [6.07, 6.45) is 3.69. The molecule has 2 aliphatic rings. The Balaban J connectivity index is 1.39. The molecular formula is C24H30N2O3S. The number of amides is 1. The first-order valence-corrected chi connectivity index (χ1v) is 12.5. The number of fused-ring (bicyclic) bond motifs is 1. The highest BCUT2D eigenvalue weighted by atomic mass is 32.2. The van der Waals surface area contributed by atoms with Crippen LogP contribution in [-0.2, 0) is 27.7 Å². The molecule has 0 aromatic heterocycles. The van der Waals surface area contributed by atoms with Gasteiger partial charge in [0.1, 0.15) is 0 Å². The molecule has 0 saturated carbocycles. The minimum absolute atomic E-state index is 0.0663. The Morgan fingerprint density at radius 3 is 2.60 bits per heavy atom. The third-order valence-electron chi connectivity index (χ3n) is 6.28. The zero-order valence-corrected chi connectivity index (χ0v) is 18.4. The van der Waals surface area contributed by atoms with Crippen LogP contribution >= 0.6 is 0 Å². The fourth-order valence-corrected chi connectivity index (χ4v) is 6.31. The van der Waals surface area contributed by atoms with Gasteiger partial charge in [-0.15, -0.1) is 0 Å². The normalized spacial score (nSPS) is 22.1. The second-order valence-corrected chi connectivity index (χ2v) is 10.6. The maximum absolute atomic E-state index is 13.3. The second-order valence-electron chi connectivity index (χ2n) is 8.49. The summed E-state index contributed by atoms with van der Waals surface area (Å²) in [7, 11) is -3.35. The van der Waals surface area contributed by atoms with Crippen molar-refractivity contribution in [1.82, 2.24) is 4.31 Å².